The number of ether oxygens (including phenoxy) is 1. The summed E-state index contributed by atoms with van der Waals surface area (Å²) in [6.07, 6.45) is 2.00. The van der Waals surface area contributed by atoms with Crippen LogP contribution >= 0.6 is 15.9 Å². The molecule has 0 N–H and O–H groups in total. The molecule has 0 fully saturated rings. The number of halogens is 1. The lowest BCUT2D eigenvalue weighted by molar-refractivity contribution is 0.103. The minimum atomic E-state index is 0.0197. The molecular weight excluding hydrogens is 304 g/mol. The SMILES string of the molecule is O=C(c1ccc(Br)cc1)c1cccc2c1OCCC2. The van der Waals surface area contributed by atoms with Crippen LogP contribution in [0.1, 0.15) is 27.9 Å². The number of fused-ring (bicyclic) bond motifs is 1. The molecule has 0 amide bonds. The predicted molar refractivity (Wildman–Crippen MR) is 77.8 cm³/mol. The molecule has 0 saturated carbocycles. The summed E-state index contributed by atoms with van der Waals surface area (Å²) >= 11 is 3.37. The standard InChI is InChI=1S/C16H13BrO2/c17-13-8-6-11(7-9-13)15(18)14-5-1-3-12-4-2-10-19-16(12)14/h1,3,5-9H,2,4,10H2. The Bertz CT molecular complexity index is 617. The molecule has 0 aliphatic carbocycles. The molecule has 96 valence electrons. The summed E-state index contributed by atoms with van der Waals surface area (Å²) in [7, 11) is 0. The van der Waals surface area contributed by atoms with Crippen molar-refractivity contribution in [3.05, 3.63) is 63.6 Å². The van der Waals surface area contributed by atoms with Crippen LogP contribution in [-0.2, 0) is 6.42 Å². The maximum atomic E-state index is 12.5. The Labute approximate surface area is 120 Å². The van der Waals surface area contributed by atoms with E-state index in [1.807, 2.05) is 42.5 Å². The zero-order valence-corrected chi connectivity index (χ0v) is 11.9. The number of hydrogen-bond acceptors (Lipinski definition) is 2. The Balaban J connectivity index is 2.02. The van der Waals surface area contributed by atoms with E-state index in [-0.39, 0.29) is 5.78 Å². The molecule has 0 unspecified atom stereocenters. The van der Waals surface area contributed by atoms with Crippen LogP contribution in [0.3, 0.4) is 0 Å². The van der Waals surface area contributed by atoms with Gasteiger partial charge in [0.05, 0.1) is 12.2 Å². The predicted octanol–water partition coefficient (Wildman–Crippen LogP) is 4.01. The highest BCUT2D eigenvalue weighted by Crippen LogP contribution is 2.30. The first-order chi connectivity index (χ1) is 9.25. The summed E-state index contributed by atoms with van der Waals surface area (Å²) in [5.41, 5.74) is 2.49. The normalized spacial score (nSPS) is 13.5. The fraction of sp³-hybridized carbons (Fsp3) is 0.188. The van der Waals surface area contributed by atoms with Gasteiger partial charge in [-0.05, 0) is 48.7 Å². The highest BCUT2D eigenvalue weighted by molar-refractivity contribution is 9.10. The van der Waals surface area contributed by atoms with Crippen LogP contribution in [0.4, 0.5) is 0 Å². The van der Waals surface area contributed by atoms with Gasteiger partial charge in [0.2, 0.25) is 0 Å². The first-order valence-electron chi connectivity index (χ1n) is 6.30. The van der Waals surface area contributed by atoms with E-state index >= 15 is 0 Å². The molecule has 0 aromatic heterocycles. The summed E-state index contributed by atoms with van der Waals surface area (Å²) in [6.45, 7) is 0.692. The van der Waals surface area contributed by atoms with Crippen LogP contribution in [-0.4, -0.2) is 12.4 Å². The summed E-state index contributed by atoms with van der Waals surface area (Å²) in [4.78, 5) is 12.5. The third-order valence-corrected chi connectivity index (χ3v) is 3.81. The van der Waals surface area contributed by atoms with E-state index in [0.29, 0.717) is 17.7 Å². The molecule has 3 rings (SSSR count). The monoisotopic (exact) mass is 316 g/mol. The third-order valence-electron chi connectivity index (χ3n) is 3.28. The Morgan fingerprint density at radius 2 is 1.89 bits per heavy atom. The molecule has 1 aliphatic heterocycles. The molecule has 3 heteroatoms. The number of para-hydroxylation sites is 1. The van der Waals surface area contributed by atoms with E-state index in [2.05, 4.69) is 15.9 Å². The first kappa shape index (κ1) is 12.4. The summed E-state index contributed by atoms with van der Waals surface area (Å²) in [5, 5.41) is 0. The first-order valence-corrected chi connectivity index (χ1v) is 7.10. The molecule has 2 aromatic carbocycles. The number of rotatable bonds is 2. The van der Waals surface area contributed by atoms with Crippen LogP contribution in [0.25, 0.3) is 0 Å². The van der Waals surface area contributed by atoms with Gasteiger partial charge in [0.25, 0.3) is 0 Å². The molecule has 2 aromatic rings. The second-order valence-electron chi connectivity index (χ2n) is 4.58. The topological polar surface area (TPSA) is 26.3 Å². The van der Waals surface area contributed by atoms with Gasteiger partial charge in [-0.3, -0.25) is 4.79 Å². The molecule has 1 aliphatic rings. The van der Waals surface area contributed by atoms with Crippen molar-refractivity contribution in [3.63, 3.8) is 0 Å². The lowest BCUT2D eigenvalue weighted by atomic mass is 9.97. The van der Waals surface area contributed by atoms with E-state index in [0.717, 1.165) is 28.6 Å². The quantitative estimate of drug-likeness (QED) is 0.783. The Hall–Kier alpha value is -1.61. The van der Waals surface area contributed by atoms with Gasteiger partial charge in [0.1, 0.15) is 5.75 Å². The molecule has 1 heterocycles. The van der Waals surface area contributed by atoms with E-state index in [4.69, 9.17) is 4.74 Å². The van der Waals surface area contributed by atoms with Crippen molar-refractivity contribution in [1.82, 2.24) is 0 Å². The molecule has 0 atom stereocenters. The number of benzene rings is 2. The maximum Gasteiger partial charge on any atom is 0.196 e. The van der Waals surface area contributed by atoms with Crippen molar-refractivity contribution in [2.75, 3.05) is 6.61 Å². The Morgan fingerprint density at radius 3 is 2.68 bits per heavy atom. The number of aryl methyl sites for hydroxylation is 1. The zero-order chi connectivity index (χ0) is 13.2. The number of hydrogen-bond donors (Lipinski definition) is 0. The van der Waals surface area contributed by atoms with Crippen LogP contribution < -0.4 is 4.74 Å². The third kappa shape index (κ3) is 2.43. The zero-order valence-electron chi connectivity index (χ0n) is 10.4. The number of ketones is 1. The van der Waals surface area contributed by atoms with Crippen LogP contribution in [0, 0.1) is 0 Å². The van der Waals surface area contributed by atoms with Gasteiger partial charge in [-0.1, -0.05) is 28.1 Å². The average molecular weight is 317 g/mol. The molecule has 0 bridgehead atoms. The van der Waals surface area contributed by atoms with Gasteiger partial charge in [-0.15, -0.1) is 0 Å². The van der Waals surface area contributed by atoms with Crippen LogP contribution in [0.2, 0.25) is 0 Å². The van der Waals surface area contributed by atoms with Crippen molar-refractivity contribution in [2.45, 2.75) is 12.8 Å². The number of carbonyl (C=O) groups excluding carboxylic acids is 1. The highest BCUT2D eigenvalue weighted by Gasteiger charge is 2.19. The minimum absolute atomic E-state index is 0.0197. The lowest BCUT2D eigenvalue weighted by Crippen LogP contribution is -2.13. The summed E-state index contributed by atoms with van der Waals surface area (Å²) < 4.78 is 6.66. The van der Waals surface area contributed by atoms with Crippen molar-refractivity contribution in [2.24, 2.45) is 0 Å². The van der Waals surface area contributed by atoms with Crippen LogP contribution in [0.5, 0.6) is 5.75 Å². The second kappa shape index (κ2) is 5.17. The molecule has 0 radical (unpaired) electrons. The van der Waals surface area contributed by atoms with E-state index in [1.165, 1.54) is 0 Å². The highest BCUT2D eigenvalue weighted by atomic mass is 79.9. The molecule has 0 saturated heterocycles. The largest absolute Gasteiger partial charge is 0.493 e. The van der Waals surface area contributed by atoms with Crippen LogP contribution in [0.15, 0.2) is 46.9 Å². The fourth-order valence-electron chi connectivity index (χ4n) is 2.32. The fourth-order valence-corrected chi connectivity index (χ4v) is 2.59. The lowest BCUT2D eigenvalue weighted by Gasteiger charge is -2.19. The Morgan fingerprint density at radius 1 is 1.11 bits per heavy atom. The molecule has 2 nitrogen and oxygen atoms in total. The second-order valence-corrected chi connectivity index (χ2v) is 5.50. The van der Waals surface area contributed by atoms with Crippen molar-refractivity contribution in [1.29, 1.82) is 0 Å². The summed E-state index contributed by atoms with van der Waals surface area (Å²) in [5.74, 6) is 0.785. The van der Waals surface area contributed by atoms with Crippen molar-refractivity contribution >= 4 is 21.7 Å². The van der Waals surface area contributed by atoms with Gasteiger partial charge in [-0.25, -0.2) is 0 Å². The molecule has 0 spiro atoms. The average Bonchev–Trinajstić information content (AvgIpc) is 2.47. The van der Waals surface area contributed by atoms with Gasteiger partial charge < -0.3 is 4.74 Å². The van der Waals surface area contributed by atoms with E-state index in [9.17, 15) is 4.79 Å². The van der Waals surface area contributed by atoms with Crippen molar-refractivity contribution < 1.29 is 9.53 Å². The smallest absolute Gasteiger partial charge is 0.196 e. The van der Waals surface area contributed by atoms with Crippen molar-refractivity contribution in [3.8, 4) is 5.75 Å². The molecule has 19 heavy (non-hydrogen) atoms. The van der Waals surface area contributed by atoms with Gasteiger partial charge in [0, 0.05) is 10.0 Å². The Kier molecular flexibility index (Phi) is 3.38. The molecular formula is C16H13BrO2. The maximum absolute atomic E-state index is 12.5. The number of carbonyl (C=O) groups is 1. The van der Waals surface area contributed by atoms with Gasteiger partial charge in [-0.2, -0.15) is 0 Å². The minimum Gasteiger partial charge on any atom is -0.493 e. The van der Waals surface area contributed by atoms with E-state index in [1.54, 1.807) is 0 Å². The summed E-state index contributed by atoms with van der Waals surface area (Å²) in [6, 6.07) is 13.2. The van der Waals surface area contributed by atoms with E-state index < -0.39 is 0 Å². The van der Waals surface area contributed by atoms with Gasteiger partial charge >= 0.3 is 0 Å². The van der Waals surface area contributed by atoms with Gasteiger partial charge in [0.15, 0.2) is 5.78 Å².